The second-order valence-corrected chi connectivity index (χ2v) is 5.47. The van der Waals surface area contributed by atoms with Gasteiger partial charge in [0.25, 0.3) is 0 Å². The molecule has 3 aromatic rings. The van der Waals surface area contributed by atoms with Crippen molar-refractivity contribution in [3.63, 3.8) is 0 Å². The van der Waals surface area contributed by atoms with E-state index < -0.39 is 0 Å². The highest BCUT2D eigenvalue weighted by Crippen LogP contribution is 2.37. The minimum absolute atomic E-state index is 0.0589. The summed E-state index contributed by atoms with van der Waals surface area (Å²) in [6, 6.07) is 15.1. The van der Waals surface area contributed by atoms with E-state index >= 15 is 0 Å². The molecule has 0 aliphatic heterocycles. The molecule has 0 saturated carbocycles. The van der Waals surface area contributed by atoms with Gasteiger partial charge in [-0.05, 0) is 30.2 Å². The lowest BCUT2D eigenvalue weighted by Gasteiger charge is -2.13. The molecule has 2 N–H and O–H groups in total. The van der Waals surface area contributed by atoms with E-state index in [2.05, 4.69) is 4.98 Å². The highest BCUT2D eigenvalue weighted by Gasteiger charge is 2.14. The summed E-state index contributed by atoms with van der Waals surface area (Å²) >= 11 is 0. The number of benzene rings is 2. The lowest BCUT2D eigenvalue weighted by Crippen LogP contribution is -1.92. The summed E-state index contributed by atoms with van der Waals surface area (Å²) in [5, 5.41) is 21.3. The Bertz CT molecular complexity index is 786. The molecule has 0 unspecified atom stereocenters. The number of hydrogen-bond donors (Lipinski definition) is 2. The molecule has 3 rings (SSSR count). The summed E-state index contributed by atoms with van der Waals surface area (Å²) < 4.78 is 0. The van der Waals surface area contributed by atoms with E-state index in [1.54, 1.807) is 12.1 Å². The topological polar surface area (TPSA) is 53.4 Å². The van der Waals surface area contributed by atoms with E-state index in [-0.39, 0.29) is 17.4 Å². The van der Waals surface area contributed by atoms with E-state index in [1.165, 1.54) is 0 Å². The predicted octanol–water partition coefficient (Wildman–Crippen LogP) is 4.44. The highest BCUT2D eigenvalue weighted by molar-refractivity contribution is 5.82. The number of rotatable bonds is 2. The van der Waals surface area contributed by atoms with Gasteiger partial charge in [0.15, 0.2) is 0 Å². The number of phenols is 2. The first-order valence-corrected chi connectivity index (χ1v) is 6.98. The minimum atomic E-state index is 0.0589. The number of hydrogen-bond acceptors (Lipinski definition) is 3. The maximum Gasteiger partial charge on any atom is 0.123 e. The van der Waals surface area contributed by atoms with E-state index in [0.717, 1.165) is 16.6 Å². The minimum Gasteiger partial charge on any atom is -0.507 e. The smallest absolute Gasteiger partial charge is 0.123 e. The van der Waals surface area contributed by atoms with Crippen LogP contribution in [0.1, 0.15) is 25.3 Å². The summed E-state index contributed by atoms with van der Waals surface area (Å²) in [6.45, 7) is 3.87. The first kappa shape index (κ1) is 13.4. The van der Waals surface area contributed by atoms with Crippen LogP contribution in [0.3, 0.4) is 0 Å². The van der Waals surface area contributed by atoms with Crippen LogP contribution in [-0.4, -0.2) is 15.2 Å². The molecule has 21 heavy (non-hydrogen) atoms. The molecule has 2 aromatic carbocycles. The zero-order valence-electron chi connectivity index (χ0n) is 12.0. The second-order valence-electron chi connectivity index (χ2n) is 5.47. The summed E-state index contributed by atoms with van der Waals surface area (Å²) in [5.74, 6) is 0.272. The lowest BCUT2D eigenvalue weighted by atomic mass is 9.97. The standard InChI is InChI=1S/C18H17NO2/c1-11(2)18-16(20)9-13(10-17(18)21)15-8-7-12-5-3-4-6-14(12)19-15/h3-11,20-21H,1-2H3. The Morgan fingerprint density at radius 3 is 2.24 bits per heavy atom. The van der Waals surface area contributed by atoms with Crippen LogP contribution in [0, 0.1) is 0 Å². The Labute approximate surface area is 123 Å². The molecule has 0 aliphatic rings. The van der Waals surface area contributed by atoms with Crippen LogP contribution in [0.2, 0.25) is 0 Å². The quantitative estimate of drug-likeness (QED) is 0.729. The third kappa shape index (κ3) is 2.42. The maximum atomic E-state index is 10.1. The molecule has 1 aromatic heterocycles. The molecule has 3 heteroatoms. The maximum absolute atomic E-state index is 10.1. The lowest BCUT2D eigenvalue weighted by molar-refractivity contribution is 0.434. The van der Waals surface area contributed by atoms with Crippen LogP contribution in [0.5, 0.6) is 11.5 Å². The van der Waals surface area contributed by atoms with Crippen LogP contribution in [0.15, 0.2) is 48.5 Å². The molecular formula is C18H17NO2. The first-order valence-electron chi connectivity index (χ1n) is 6.98. The van der Waals surface area contributed by atoms with Crippen molar-refractivity contribution >= 4 is 10.9 Å². The van der Waals surface area contributed by atoms with Gasteiger partial charge >= 0.3 is 0 Å². The highest BCUT2D eigenvalue weighted by atomic mass is 16.3. The fraction of sp³-hybridized carbons (Fsp3) is 0.167. The zero-order chi connectivity index (χ0) is 15.0. The van der Waals surface area contributed by atoms with E-state index in [0.29, 0.717) is 11.1 Å². The summed E-state index contributed by atoms with van der Waals surface area (Å²) in [6.07, 6.45) is 0. The molecule has 0 amide bonds. The van der Waals surface area contributed by atoms with Crippen molar-refractivity contribution in [2.75, 3.05) is 0 Å². The first-order chi connectivity index (χ1) is 10.1. The van der Waals surface area contributed by atoms with Crippen molar-refractivity contribution < 1.29 is 10.2 Å². The third-order valence-corrected chi connectivity index (χ3v) is 3.61. The van der Waals surface area contributed by atoms with Gasteiger partial charge in [0.05, 0.1) is 11.2 Å². The van der Waals surface area contributed by atoms with Gasteiger partial charge in [-0.15, -0.1) is 0 Å². The van der Waals surface area contributed by atoms with Crippen molar-refractivity contribution in [1.29, 1.82) is 0 Å². The average molecular weight is 279 g/mol. The molecule has 0 spiro atoms. The number of nitrogens with zero attached hydrogens (tertiary/aromatic N) is 1. The van der Waals surface area contributed by atoms with Crippen molar-refractivity contribution in [3.05, 3.63) is 54.1 Å². The van der Waals surface area contributed by atoms with Crippen LogP contribution < -0.4 is 0 Å². The zero-order valence-corrected chi connectivity index (χ0v) is 12.0. The number of para-hydroxylation sites is 1. The van der Waals surface area contributed by atoms with Gasteiger partial charge in [-0.25, -0.2) is 4.98 Å². The number of fused-ring (bicyclic) bond motifs is 1. The SMILES string of the molecule is CC(C)c1c(O)cc(-c2ccc3ccccc3n2)cc1O. The Kier molecular flexibility index (Phi) is 3.26. The number of aromatic hydroxyl groups is 2. The molecule has 0 fully saturated rings. The molecule has 0 bridgehead atoms. The van der Waals surface area contributed by atoms with Gasteiger partial charge in [-0.2, -0.15) is 0 Å². The third-order valence-electron chi connectivity index (χ3n) is 3.61. The second kappa shape index (κ2) is 5.09. The number of phenolic OH excluding ortho intramolecular Hbond substituents is 2. The van der Waals surface area contributed by atoms with Gasteiger partial charge in [-0.3, -0.25) is 0 Å². The molecule has 106 valence electrons. The van der Waals surface area contributed by atoms with Crippen molar-refractivity contribution in [3.8, 4) is 22.8 Å². The molecule has 1 heterocycles. The molecule has 0 aliphatic carbocycles. The van der Waals surface area contributed by atoms with Crippen molar-refractivity contribution in [2.45, 2.75) is 19.8 Å². The molecular weight excluding hydrogens is 262 g/mol. The molecule has 0 atom stereocenters. The van der Waals surface area contributed by atoms with Gasteiger partial charge < -0.3 is 10.2 Å². The van der Waals surface area contributed by atoms with Crippen molar-refractivity contribution in [2.24, 2.45) is 0 Å². The van der Waals surface area contributed by atoms with Gasteiger partial charge in [0, 0.05) is 16.5 Å². The van der Waals surface area contributed by atoms with E-state index in [1.807, 2.05) is 50.2 Å². The van der Waals surface area contributed by atoms with Crippen LogP contribution in [-0.2, 0) is 0 Å². The van der Waals surface area contributed by atoms with Gasteiger partial charge in [0.1, 0.15) is 11.5 Å². The Hall–Kier alpha value is -2.55. The molecule has 0 saturated heterocycles. The summed E-state index contributed by atoms with van der Waals surface area (Å²) in [7, 11) is 0. The largest absolute Gasteiger partial charge is 0.507 e. The predicted molar refractivity (Wildman–Crippen MR) is 84.6 cm³/mol. The number of pyridine rings is 1. The molecule has 3 nitrogen and oxygen atoms in total. The van der Waals surface area contributed by atoms with Crippen molar-refractivity contribution in [1.82, 2.24) is 4.98 Å². The Balaban J connectivity index is 2.14. The van der Waals surface area contributed by atoms with E-state index in [9.17, 15) is 10.2 Å². The monoisotopic (exact) mass is 279 g/mol. The fourth-order valence-electron chi connectivity index (χ4n) is 2.59. The molecule has 0 radical (unpaired) electrons. The fourth-order valence-corrected chi connectivity index (χ4v) is 2.59. The summed E-state index contributed by atoms with van der Waals surface area (Å²) in [4.78, 5) is 4.58. The van der Waals surface area contributed by atoms with Gasteiger partial charge in [-0.1, -0.05) is 38.1 Å². The Morgan fingerprint density at radius 2 is 1.57 bits per heavy atom. The van der Waals surface area contributed by atoms with Gasteiger partial charge in [0.2, 0.25) is 0 Å². The van der Waals surface area contributed by atoms with E-state index in [4.69, 9.17) is 0 Å². The van der Waals surface area contributed by atoms with Crippen LogP contribution >= 0.6 is 0 Å². The average Bonchev–Trinajstić information content (AvgIpc) is 2.45. The summed E-state index contributed by atoms with van der Waals surface area (Å²) in [5.41, 5.74) is 2.90. The van der Waals surface area contributed by atoms with Crippen LogP contribution in [0.4, 0.5) is 0 Å². The Morgan fingerprint density at radius 1 is 0.905 bits per heavy atom. The van der Waals surface area contributed by atoms with Crippen LogP contribution in [0.25, 0.3) is 22.2 Å². The normalized spacial score (nSPS) is 11.2. The number of aromatic nitrogens is 1.